The van der Waals surface area contributed by atoms with E-state index in [1.165, 1.54) is 16.8 Å². The highest BCUT2D eigenvalue weighted by molar-refractivity contribution is 7.18. The van der Waals surface area contributed by atoms with E-state index in [4.69, 9.17) is 4.74 Å². The van der Waals surface area contributed by atoms with Crippen molar-refractivity contribution in [2.75, 3.05) is 29.9 Å². The summed E-state index contributed by atoms with van der Waals surface area (Å²) in [5, 5.41) is 7.64. The normalized spacial score (nSPS) is 16.7. The Bertz CT molecular complexity index is 1250. The van der Waals surface area contributed by atoms with Crippen LogP contribution in [0.1, 0.15) is 37.4 Å². The first-order valence-electron chi connectivity index (χ1n) is 10.9. The number of benzene rings is 1. The third-order valence-corrected chi connectivity index (χ3v) is 6.56. The number of rotatable bonds is 3. The van der Waals surface area contributed by atoms with Gasteiger partial charge in [-0.2, -0.15) is 5.10 Å². The summed E-state index contributed by atoms with van der Waals surface area (Å²) in [6, 6.07) is 3.89. The molecule has 3 heterocycles. The standard InChI is InChI=1S/C23H27F2N5O3S/c1-13-11-29(6-7-30(13)22(32)33-23(2,3)4)19-10-17(25)20(34-19)21(31)26-14-8-16(24)15-12-28(5)27-18(15)9-14/h8-10,12-13H,6-7,11H2,1-5H3,(H,26,31). The van der Waals surface area contributed by atoms with Crippen molar-refractivity contribution in [1.82, 2.24) is 14.7 Å². The molecule has 1 fully saturated rings. The molecular weight excluding hydrogens is 464 g/mol. The maximum atomic E-state index is 14.7. The first-order chi connectivity index (χ1) is 15.9. The van der Waals surface area contributed by atoms with Crippen LogP contribution < -0.4 is 10.2 Å². The fourth-order valence-corrected chi connectivity index (χ4v) is 4.84. The van der Waals surface area contributed by atoms with Crippen LogP contribution in [-0.4, -0.2) is 58.0 Å². The van der Waals surface area contributed by atoms with Crippen molar-refractivity contribution in [3.8, 4) is 0 Å². The fraction of sp³-hybridized carbons (Fsp3) is 0.435. The molecule has 182 valence electrons. The van der Waals surface area contributed by atoms with Gasteiger partial charge in [0.15, 0.2) is 0 Å². The molecule has 3 aromatic rings. The van der Waals surface area contributed by atoms with Crippen LogP contribution in [0.3, 0.4) is 0 Å². The summed E-state index contributed by atoms with van der Waals surface area (Å²) in [5.41, 5.74) is 0.00141. The Morgan fingerprint density at radius 2 is 1.91 bits per heavy atom. The third-order valence-electron chi connectivity index (χ3n) is 5.39. The van der Waals surface area contributed by atoms with Gasteiger partial charge in [0.2, 0.25) is 0 Å². The molecule has 1 N–H and O–H groups in total. The van der Waals surface area contributed by atoms with Crippen LogP contribution in [0.25, 0.3) is 10.9 Å². The zero-order chi connectivity index (χ0) is 24.8. The monoisotopic (exact) mass is 491 g/mol. The molecule has 8 nitrogen and oxygen atoms in total. The van der Waals surface area contributed by atoms with Gasteiger partial charge in [0, 0.05) is 50.7 Å². The molecule has 0 spiro atoms. The average molecular weight is 492 g/mol. The maximum Gasteiger partial charge on any atom is 0.410 e. The molecule has 34 heavy (non-hydrogen) atoms. The molecule has 1 aromatic carbocycles. The Morgan fingerprint density at radius 3 is 2.59 bits per heavy atom. The summed E-state index contributed by atoms with van der Waals surface area (Å²) in [6.45, 7) is 8.71. The summed E-state index contributed by atoms with van der Waals surface area (Å²) in [5.74, 6) is -1.84. The predicted octanol–water partition coefficient (Wildman–Crippen LogP) is 4.61. The van der Waals surface area contributed by atoms with Crippen molar-refractivity contribution >= 4 is 44.9 Å². The number of thiophene rings is 1. The summed E-state index contributed by atoms with van der Waals surface area (Å²) >= 11 is 1.02. The van der Waals surface area contributed by atoms with Gasteiger partial charge in [-0.1, -0.05) is 0 Å². The summed E-state index contributed by atoms with van der Waals surface area (Å²) in [7, 11) is 1.68. The van der Waals surface area contributed by atoms with Gasteiger partial charge in [0.05, 0.1) is 15.9 Å². The van der Waals surface area contributed by atoms with E-state index in [-0.39, 0.29) is 22.7 Å². The van der Waals surface area contributed by atoms with E-state index >= 15 is 0 Å². The summed E-state index contributed by atoms with van der Waals surface area (Å²) in [4.78, 5) is 28.7. The van der Waals surface area contributed by atoms with Crippen molar-refractivity contribution in [3.63, 3.8) is 0 Å². The number of anilines is 2. The molecule has 1 aliphatic heterocycles. The number of piperazine rings is 1. The minimum Gasteiger partial charge on any atom is -0.444 e. The van der Waals surface area contributed by atoms with Gasteiger partial charge in [-0.05, 0) is 39.8 Å². The highest BCUT2D eigenvalue weighted by Crippen LogP contribution is 2.32. The van der Waals surface area contributed by atoms with Gasteiger partial charge in [0.25, 0.3) is 5.91 Å². The lowest BCUT2D eigenvalue weighted by Gasteiger charge is -2.40. The van der Waals surface area contributed by atoms with Gasteiger partial charge in [-0.15, -0.1) is 11.3 Å². The largest absolute Gasteiger partial charge is 0.444 e. The number of aryl methyl sites for hydroxylation is 1. The average Bonchev–Trinajstić information content (AvgIpc) is 3.29. The second-order valence-corrected chi connectivity index (χ2v) is 10.4. The molecule has 2 aromatic heterocycles. The lowest BCUT2D eigenvalue weighted by molar-refractivity contribution is 0.0159. The molecular formula is C23H27F2N5O3S. The first-order valence-corrected chi connectivity index (χ1v) is 11.7. The van der Waals surface area contributed by atoms with E-state index < -0.39 is 23.1 Å². The Balaban J connectivity index is 1.45. The third kappa shape index (κ3) is 4.98. The van der Waals surface area contributed by atoms with E-state index in [0.29, 0.717) is 35.5 Å². The summed E-state index contributed by atoms with van der Waals surface area (Å²) < 4.78 is 36.0. The molecule has 1 atom stereocenters. The number of carbonyl (C=O) groups excluding carboxylic acids is 2. The number of fused-ring (bicyclic) bond motifs is 1. The van der Waals surface area contributed by atoms with Gasteiger partial charge in [-0.3, -0.25) is 9.48 Å². The molecule has 0 aliphatic carbocycles. The van der Waals surface area contributed by atoms with Crippen LogP contribution in [-0.2, 0) is 11.8 Å². The predicted molar refractivity (Wildman–Crippen MR) is 128 cm³/mol. The zero-order valence-electron chi connectivity index (χ0n) is 19.7. The van der Waals surface area contributed by atoms with E-state index in [2.05, 4.69) is 10.4 Å². The van der Waals surface area contributed by atoms with E-state index in [1.807, 2.05) is 32.6 Å². The summed E-state index contributed by atoms with van der Waals surface area (Å²) in [6.07, 6.45) is 1.17. The zero-order valence-corrected chi connectivity index (χ0v) is 20.5. The molecule has 1 unspecified atom stereocenters. The van der Waals surface area contributed by atoms with Crippen LogP contribution in [0.15, 0.2) is 24.4 Å². The molecule has 4 rings (SSSR count). The van der Waals surface area contributed by atoms with Crippen molar-refractivity contribution in [1.29, 1.82) is 0 Å². The number of hydrogen-bond acceptors (Lipinski definition) is 6. The molecule has 1 aliphatic rings. The second-order valence-electron chi connectivity index (χ2n) is 9.38. The highest BCUT2D eigenvalue weighted by atomic mass is 32.1. The Morgan fingerprint density at radius 1 is 1.18 bits per heavy atom. The van der Waals surface area contributed by atoms with E-state index in [0.717, 1.165) is 11.3 Å². The molecule has 2 amide bonds. The number of carbonyl (C=O) groups is 2. The Kier molecular flexibility index (Phi) is 6.24. The Hall–Kier alpha value is -3.21. The maximum absolute atomic E-state index is 14.7. The van der Waals surface area contributed by atoms with Crippen LogP contribution in [0, 0.1) is 11.6 Å². The highest BCUT2D eigenvalue weighted by Gasteiger charge is 2.32. The van der Waals surface area contributed by atoms with Crippen LogP contribution in [0.5, 0.6) is 0 Å². The van der Waals surface area contributed by atoms with E-state index in [1.54, 1.807) is 24.2 Å². The van der Waals surface area contributed by atoms with Crippen molar-refractivity contribution in [3.05, 3.63) is 40.9 Å². The topological polar surface area (TPSA) is 79.7 Å². The van der Waals surface area contributed by atoms with Crippen LogP contribution in [0.4, 0.5) is 24.3 Å². The SMILES string of the molecule is CC1CN(c2cc(F)c(C(=O)Nc3cc(F)c4cn(C)nc4c3)s2)CCN1C(=O)OC(C)(C)C. The lowest BCUT2D eigenvalue weighted by Crippen LogP contribution is -2.55. The molecule has 0 radical (unpaired) electrons. The number of ether oxygens (including phenoxy) is 1. The number of nitrogens with one attached hydrogen (secondary N) is 1. The first kappa shape index (κ1) is 23.9. The number of aromatic nitrogens is 2. The molecule has 0 saturated carbocycles. The van der Waals surface area contributed by atoms with Crippen molar-refractivity contribution < 1.29 is 23.1 Å². The number of nitrogens with zero attached hydrogens (tertiary/aromatic N) is 4. The lowest BCUT2D eigenvalue weighted by atomic mass is 10.2. The fourth-order valence-electron chi connectivity index (χ4n) is 3.88. The minimum absolute atomic E-state index is 0.0984. The van der Waals surface area contributed by atoms with Crippen molar-refractivity contribution in [2.45, 2.75) is 39.3 Å². The number of amides is 2. The Labute approximate surface area is 200 Å². The smallest absolute Gasteiger partial charge is 0.410 e. The number of hydrogen-bond donors (Lipinski definition) is 1. The molecule has 0 bridgehead atoms. The number of halogens is 2. The van der Waals surface area contributed by atoms with Crippen LogP contribution >= 0.6 is 11.3 Å². The minimum atomic E-state index is -0.663. The van der Waals surface area contributed by atoms with Gasteiger partial charge in [-0.25, -0.2) is 13.6 Å². The van der Waals surface area contributed by atoms with Crippen molar-refractivity contribution in [2.24, 2.45) is 7.05 Å². The van der Waals surface area contributed by atoms with Gasteiger partial charge >= 0.3 is 6.09 Å². The van der Waals surface area contributed by atoms with Gasteiger partial charge in [0.1, 0.15) is 22.1 Å². The molecule has 11 heteroatoms. The van der Waals surface area contributed by atoms with Crippen LogP contribution in [0.2, 0.25) is 0 Å². The quantitative estimate of drug-likeness (QED) is 0.579. The molecule has 1 saturated heterocycles. The second kappa shape index (κ2) is 8.86. The van der Waals surface area contributed by atoms with E-state index in [9.17, 15) is 18.4 Å². The van der Waals surface area contributed by atoms with Gasteiger partial charge < -0.3 is 19.9 Å².